The van der Waals surface area contributed by atoms with Crippen LogP contribution in [0.5, 0.6) is 0 Å². The van der Waals surface area contributed by atoms with Crippen molar-refractivity contribution < 1.29 is 9.21 Å². The van der Waals surface area contributed by atoms with Crippen molar-refractivity contribution in [2.75, 3.05) is 5.32 Å². The Labute approximate surface area is 119 Å². The average molecular weight is 272 g/mol. The van der Waals surface area contributed by atoms with E-state index in [-0.39, 0.29) is 12.1 Å². The molecule has 0 saturated carbocycles. The van der Waals surface area contributed by atoms with Gasteiger partial charge in [0.1, 0.15) is 11.5 Å². The molecule has 0 saturated heterocycles. The number of furan rings is 1. The second kappa shape index (κ2) is 6.28. The minimum Gasteiger partial charge on any atom is -0.464 e. The highest BCUT2D eigenvalue weighted by Crippen LogP contribution is 2.14. The van der Waals surface area contributed by atoms with Gasteiger partial charge in [-0.1, -0.05) is 18.2 Å². The Morgan fingerprint density at radius 3 is 2.45 bits per heavy atom. The van der Waals surface area contributed by atoms with E-state index in [1.54, 1.807) is 4.90 Å². The molecule has 2 aromatic rings. The summed E-state index contributed by atoms with van der Waals surface area (Å²) in [4.78, 5) is 14.1. The minimum atomic E-state index is -0.125. The summed E-state index contributed by atoms with van der Waals surface area (Å²) in [6, 6.07) is 13.2. The molecule has 0 fully saturated rings. The van der Waals surface area contributed by atoms with Crippen molar-refractivity contribution in [3.05, 3.63) is 54.0 Å². The van der Waals surface area contributed by atoms with Crippen molar-refractivity contribution in [3.8, 4) is 0 Å². The third kappa shape index (κ3) is 3.63. The molecule has 4 heteroatoms. The molecule has 0 aliphatic rings. The Balaban J connectivity index is 2.06. The Kier molecular flexibility index (Phi) is 4.45. The maximum Gasteiger partial charge on any atom is 0.322 e. The lowest BCUT2D eigenvalue weighted by Crippen LogP contribution is -2.39. The van der Waals surface area contributed by atoms with Gasteiger partial charge in [0.25, 0.3) is 0 Å². The zero-order valence-corrected chi connectivity index (χ0v) is 12.1. The first-order valence-electron chi connectivity index (χ1n) is 6.74. The fraction of sp³-hybridized carbons (Fsp3) is 0.312. The van der Waals surface area contributed by atoms with Gasteiger partial charge in [0.05, 0.1) is 6.54 Å². The van der Waals surface area contributed by atoms with Gasteiger partial charge in [0.2, 0.25) is 0 Å². The van der Waals surface area contributed by atoms with E-state index in [1.165, 1.54) is 0 Å². The first-order chi connectivity index (χ1) is 9.56. The number of hydrogen-bond donors (Lipinski definition) is 1. The van der Waals surface area contributed by atoms with E-state index >= 15 is 0 Å². The molecule has 0 bridgehead atoms. The molecule has 1 aromatic carbocycles. The van der Waals surface area contributed by atoms with Gasteiger partial charge in [-0.3, -0.25) is 0 Å². The highest BCUT2D eigenvalue weighted by Gasteiger charge is 2.18. The van der Waals surface area contributed by atoms with Crippen molar-refractivity contribution in [1.82, 2.24) is 4.90 Å². The minimum absolute atomic E-state index is 0.0871. The van der Waals surface area contributed by atoms with E-state index in [0.717, 1.165) is 17.2 Å². The van der Waals surface area contributed by atoms with Crippen molar-refractivity contribution >= 4 is 11.7 Å². The van der Waals surface area contributed by atoms with Crippen LogP contribution in [0.1, 0.15) is 25.4 Å². The molecule has 1 N–H and O–H groups in total. The average Bonchev–Trinajstić information content (AvgIpc) is 2.82. The number of aryl methyl sites for hydroxylation is 1. The molecule has 20 heavy (non-hydrogen) atoms. The standard InChI is InChI=1S/C16H20N2O2/c1-12(2)18(11-15-10-9-13(3)20-15)16(19)17-14-7-5-4-6-8-14/h4-10,12H,11H2,1-3H3,(H,17,19). The molecule has 0 unspecified atom stereocenters. The number of benzene rings is 1. The number of anilines is 1. The van der Waals surface area contributed by atoms with E-state index in [2.05, 4.69) is 5.32 Å². The summed E-state index contributed by atoms with van der Waals surface area (Å²) < 4.78 is 5.54. The van der Waals surface area contributed by atoms with Crippen LogP contribution in [0.4, 0.5) is 10.5 Å². The predicted molar refractivity (Wildman–Crippen MR) is 79.6 cm³/mol. The van der Waals surface area contributed by atoms with Gasteiger partial charge in [0.15, 0.2) is 0 Å². The van der Waals surface area contributed by atoms with Crippen LogP contribution in [-0.2, 0) is 6.54 Å². The number of urea groups is 1. The van der Waals surface area contributed by atoms with Gasteiger partial charge in [-0.25, -0.2) is 4.79 Å². The van der Waals surface area contributed by atoms with Crippen LogP contribution in [0, 0.1) is 6.92 Å². The lowest BCUT2D eigenvalue weighted by Gasteiger charge is -2.26. The van der Waals surface area contributed by atoms with Gasteiger partial charge < -0.3 is 14.6 Å². The first kappa shape index (κ1) is 14.2. The molecule has 0 atom stereocenters. The van der Waals surface area contributed by atoms with Gasteiger partial charge in [-0.15, -0.1) is 0 Å². The maximum atomic E-state index is 12.3. The molecule has 0 aliphatic heterocycles. The van der Waals surface area contributed by atoms with Crippen molar-refractivity contribution in [2.24, 2.45) is 0 Å². The summed E-state index contributed by atoms with van der Waals surface area (Å²) in [5.74, 6) is 1.64. The SMILES string of the molecule is Cc1ccc(CN(C(=O)Nc2ccccc2)C(C)C)o1. The van der Waals surface area contributed by atoms with E-state index < -0.39 is 0 Å². The van der Waals surface area contributed by atoms with Crippen LogP contribution in [-0.4, -0.2) is 17.0 Å². The Morgan fingerprint density at radius 2 is 1.90 bits per heavy atom. The third-order valence-corrected chi connectivity index (χ3v) is 3.03. The summed E-state index contributed by atoms with van der Waals surface area (Å²) in [5, 5.41) is 2.90. The Hall–Kier alpha value is -2.23. The molecular weight excluding hydrogens is 252 g/mol. The quantitative estimate of drug-likeness (QED) is 0.913. The maximum absolute atomic E-state index is 12.3. The van der Waals surface area contributed by atoms with Gasteiger partial charge in [-0.05, 0) is 45.0 Å². The van der Waals surface area contributed by atoms with Crippen LogP contribution in [0.15, 0.2) is 46.9 Å². The monoisotopic (exact) mass is 272 g/mol. The van der Waals surface area contributed by atoms with E-state index in [4.69, 9.17) is 4.42 Å². The number of nitrogens with one attached hydrogen (secondary N) is 1. The van der Waals surface area contributed by atoms with Crippen LogP contribution < -0.4 is 5.32 Å². The highest BCUT2D eigenvalue weighted by molar-refractivity contribution is 5.89. The van der Waals surface area contributed by atoms with Crippen LogP contribution in [0.25, 0.3) is 0 Å². The molecule has 0 spiro atoms. The molecule has 0 aliphatic carbocycles. The first-order valence-corrected chi connectivity index (χ1v) is 6.74. The molecule has 2 rings (SSSR count). The third-order valence-electron chi connectivity index (χ3n) is 3.03. The van der Waals surface area contributed by atoms with Crippen molar-refractivity contribution in [2.45, 2.75) is 33.4 Å². The van der Waals surface area contributed by atoms with Crippen molar-refractivity contribution in [1.29, 1.82) is 0 Å². The molecule has 1 heterocycles. The van der Waals surface area contributed by atoms with Crippen molar-refractivity contribution in [3.63, 3.8) is 0 Å². The van der Waals surface area contributed by atoms with Gasteiger partial charge in [-0.2, -0.15) is 0 Å². The summed E-state index contributed by atoms with van der Waals surface area (Å²) in [6.07, 6.45) is 0. The molecule has 2 amide bonds. The zero-order chi connectivity index (χ0) is 14.5. The predicted octanol–water partition coefficient (Wildman–Crippen LogP) is 4.03. The van der Waals surface area contributed by atoms with Gasteiger partial charge >= 0.3 is 6.03 Å². The largest absolute Gasteiger partial charge is 0.464 e. The topological polar surface area (TPSA) is 45.5 Å². The second-order valence-corrected chi connectivity index (χ2v) is 5.03. The second-order valence-electron chi connectivity index (χ2n) is 5.03. The van der Waals surface area contributed by atoms with E-state index in [9.17, 15) is 4.79 Å². The summed E-state index contributed by atoms with van der Waals surface area (Å²) in [7, 11) is 0. The number of amides is 2. The molecule has 0 radical (unpaired) electrons. The van der Waals surface area contributed by atoms with E-state index in [0.29, 0.717) is 6.54 Å². The highest BCUT2D eigenvalue weighted by atomic mass is 16.3. The fourth-order valence-electron chi connectivity index (χ4n) is 1.94. The fourth-order valence-corrected chi connectivity index (χ4v) is 1.94. The number of carbonyl (C=O) groups is 1. The lowest BCUT2D eigenvalue weighted by molar-refractivity contribution is 0.187. The Bertz CT molecular complexity index is 561. The molecular formula is C16H20N2O2. The smallest absolute Gasteiger partial charge is 0.322 e. The number of rotatable bonds is 4. The number of para-hydroxylation sites is 1. The zero-order valence-electron chi connectivity index (χ0n) is 12.1. The number of carbonyl (C=O) groups excluding carboxylic acids is 1. The van der Waals surface area contributed by atoms with Gasteiger partial charge in [0, 0.05) is 11.7 Å². The van der Waals surface area contributed by atoms with E-state index in [1.807, 2.05) is 63.2 Å². The summed E-state index contributed by atoms with van der Waals surface area (Å²) in [5.41, 5.74) is 0.791. The lowest BCUT2D eigenvalue weighted by atomic mass is 10.3. The number of hydrogen-bond acceptors (Lipinski definition) is 2. The molecule has 4 nitrogen and oxygen atoms in total. The van der Waals surface area contributed by atoms with Crippen LogP contribution in [0.3, 0.4) is 0 Å². The normalized spacial score (nSPS) is 10.6. The van der Waals surface area contributed by atoms with Crippen LogP contribution in [0.2, 0.25) is 0 Å². The summed E-state index contributed by atoms with van der Waals surface area (Å²) in [6.45, 7) is 6.33. The molecule has 1 aromatic heterocycles. The molecule has 106 valence electrons. The summed E-state index contributed by atoms with van der Waals surface area (Å²) >= 11 is 0. The Morgan fingerprint density at radius 1 is 1.20 bits per heavy atom. The van der Waals surface area contributed by atoms with Crippen LogP contribution >= 0.6 is 0 Å². The number of nitrogens with zero attached hydrogens (tertiary/aromatic N) is 1.